The zero-order valence-electron chi connectivity index (χ0n) is 9.78. The maximum atomic E-state index is 5.97. The van der Waals surface area contributed by atoms with Crippen LogP contribution in [0.4, 0.5) is 0 Å². The lowest BCUT2D eigenvalue weighted by atomic mass is 10.1. The van der Waals surface area contributed by atoms with E-state index in [-0.39, 0.29) is 0 Å². The van der Waals surface area contributed by atoms with Gasteiger partial charge in [0.25, 0.3) is 0 Å². The summed E-state index contributed by atoms with van der Waals surface area (Å²) in [4.78, 5) is 8.75. The summed E-state index contributed by atoms with van der Waals surface area (Å²) in [7, 11) is 3.26. The largest absolute Gasteiger partial charge is 0.399 e. The van der Waals surface area contributed by atoms with Crippen molar-refractivity contribution < 1.29 is 4.84 Å². The zero-order chi connectivity index (χ0) is 12.7. The molecule has 0 amide bonds. The van der Waals surface area contributed by atoms with Gasteiger partial charge in [-0.1, -0.05) is 34.4 Å². The Morgan fingerprint density at radius 3 is 2.71 bits per heavy atom. The fraction of sp³-hybridized carbons (Fsp3) is 0.333. The molecule has 0 aliphatic heterocycles. The molecule has 0 fully saturated rings. The molecular formula is C12H14Cl2N2O. The maximum absolute atomic E-state index is 5.97. The van der Waals surface area contributed by atoms with Gasteiger partial charge in [-0.15, -0.1) is 0 Å². The SMILES string of the molecule is CN=CCCC(=NOC)c1ccc(Cl)c(Cl)c1. The molecule has 0 atom stereocenters. The summed E-state index contributed by atoms with van der Waals surface area (Å²) in [6.07, 6.45) is 3.38. The standard InChI is InChI=1S/C12H14Cl2N2O/c1-15-7-3-4-12(16-17-2)9-5-6-10(13)11(14)8-9/h5-8H,3-4H2,1-2H3. The molecule has 92 valence electrons. The second kappa shape index (κ2) is 7.30. The van der Waals surface area contributed by atoms with Gasteiger partial charge in [-0.3, -0.25) is 0 Å². The zero-order valence-corrected chi connectivity index (χ0v) is 11.3. The highest BCUT2D eigenvalue weighted by atomic mass is 35.5. The predicted octanol–water partition coefficient (Wildman–Crippen LogP) is 3.82. The van der Waals surface area contributed by atoms with Crippen LogP contribution in [0.15, 0.2) is 28.3 Å². The first-order valence-corrected chi connectivity index (χ1v) is 5.90. The molecule has 0 unspecified atom stereocenters. The van der Waals surface area contributed by atoms with Crippen LogP contribution in [0.5, 0.6) is 0 Å². The van der Waals surface area contributed by atoms with E-state index < -0.39 is 0 Å². The molecule has 0 aliphatic rings. The summed E-state index contributed by atoms with van der Waals surface area (Å²) in [5.74, 6) is 0. The number of halogens is 2. The molecule has 5 heteroatoms. The molecule has 0 bridgehead atoms. The van der Waals surface area contributed by atoms with Crippen molar-refractivity contribution in [2.75, 3.05) is 14.2 Å². The summed E-state index contributed by atoms with van der Waals surface area (Å²) in [5.41, 5.74) is 1.73. The van der Waals surface area contributed by atoms with Gasteiger partial charge in [-0.25, -0.2) is 0 Å². The molecule has 0 aromatic heterocycles. The fourth-order valence-electron chi connectivity index (χ4n) is 1.36. The fourth-order valence-corrected chi connectivity index (χ4v) is 1.66. The smallest absolute Gasteiger partial charge is 0.106 e. The predicted molar refractivity (Wildman–Crippen MR) is 73.7 cm³/mol. The molecule has 0 saturated heterocycles. The molecule has 1 aromatic carbocycles. The van der Waals surface area contributed by atoms with Crippen molar-refractivity contribution in [1.82, 2.24) is 0 Å². The number of benzene rings is 1. The van der Waals surface area contributed by atoms with Crippen molar-refractivity contribution in [3.8, 4) is 0 Å². The first-order chi connectivity index (χ1) is 8.19. The summed E-state index contributed by atoms with van der Waals surface area (Å²) in [6.45, 7) is 0. The minimum atomic E-state index is 0.511. The van der Waals surface area contributed by atoms with Crippen LogP contribution < -0.4 is 0 Å². The van der Waals surface area contributed by atoms with Crippen LogP contribution in [0.2, 0.25) is 10.0 Å². The minimum absolute atomic E-state index is 0.511. The quantitative estimate of drug-likeness (QED) is 0.593. The highest BCUT2D eigenvalue weighted by molar-refractivity contribution is 6.42. The molecule has 3 nitrogen and oxygen atoms in total. The Labute approximate surface area is 111 Å². The normalized spacial score (nSPS) is 12.1. The number of aliphatic imine (C=N–C) groups is 1. The third-order valence-corrected chi connectivity index (χ3v) is 2.89. The third-order valence-electron chi connectivity index (χ3n) is 2.15. The van der Waals surface area contributed by atoms with Gasteiger partial charge in [0, 0.05) is 12.6 Å². The summed E-state index contributed by atoms with van der Waals surface area (Å²) < 4.78 is 0. The van der Waals surface area contributed by atoms with Crippen molar-refractivity contribution in [3.63, 3.8) is 0 Å². The number of hydrogen-bond acceptors (Lipinski definition) is 3. The van der Waals surface area contributed by atoms with E-state index in [9.17, 15) is 0 Å². The van der Waals surface area contributed by atoms with Crippen LogP contribution in [0.3, 0.4) is 0 Å². The van der Waals surface area contributed by atoms with E-state index in [2.05, 4.69) is 10.1 Å². The van der Waals surface area contributed by atoms with Crippen molar-refractivity contribution in [2.45, 2.75) is 12.8 Å². The first kappa shape index (κ1) is 14.0. The van der Waals surface area contributed by atoms with Crippen molar-refractivity contribution in [3.05, 3.63) is 33.8 Å². The van der Waals surface area contributed by atoms with Crippen LogP contribution in [0.1, 0.15) is 18.4 Å². The number of nitrogens with zero attached hydrogens (tertiary/aromatic N) is 2. The minimum Gasteiger partial charge on any atom is -0.399 e. The van der Waals surface area contributed by atoms with E-state index in [0.29, 0.717) is 10.0 Å². The Bertz CT molecular complexity index is 431. The third kappa shape index (κ3) is 4.36. The second-order valence-electron chi connectivity index (χ2n) is 3.33. The van der Waals surface area contributed by atoms with E-state index in [4.69, 9.17) is 28.0 Å². The second-order valence-corrected chi connectivity index (χ2v) is 4.14. The van der Waals surface area contributed by atoms with Crippen LogP contribution in [-0.2, 0) is 4.84 Å². The lowest BCUT2D eigenvalue weighted by Gasteiger charge is -2.05. The molecule has 17 heavy (non-hydrogen) atoms. The molecule has 0 radical (unpaired) electrons. The molecule has 0 saturated carbocycles. The Morgan fingerprint density at radius 2 is 2.12 bits per heavy atom. The van der Waals surface area contributed by atoms with Crippen LogP contribution >= 0.6 is 23.2 Å². The van der Waals surface area contributed by atoms with Crippen molar-refractivity contribution in [2.24, 2.45) is 10.1 Å². The Kier molecular flexibility index (Phi) is 6.01. The number of hydrogen-bond donors (Lipinski definition) is 0. The van der Waals surface area contributed by atoms with Gasteiger partial charge < -0.3 is 9.83 Å². The Morgan fingerprint density at radius 1 is 1.35 bits per heavy atom. The Hall–Kier alpha value is -1.06. The van der Waals surface area contributed by atoms with E-state index in [1.54, 1.807) is 19.2 Å². The van der Waals surface area contributed by atoms with Gasteiger partial charge in [-0.05, 0) is 31.2 Å². The van der Waals surface area contributed by atoms with Gasteiger partial charge in [0.2, 0.25) is 0 Å². The maximum Gasteiger partial charge on any atom is 0.106 e. The Balaban J connectivity index is 2.89. The topological polar surface area (TPSA) is 34.0 Å². The van der Waals surface area contributed by atoms with Crippen LogP contribution in [-0.4, -0.2) is 26.1 Å². The van der Waals surface area contributed by atoms with Crippen molar-refractivity contribution in [1.29, 1.82) is 0 Å². The first-order valence-electron chi connectivity index (χ1n) is 5.15. The molecule has 1 aromatic rings. The highest BCUT2D eigenvalue weighted by Gasteiger charge is 2.06. The molecule has 0 heterocycles. The van der Waals surface area contributed by atoms with Crippen molar-refractivity contribution >= 4 is 35.1 Å². The van der Waals surface area contributed by atoms with Gasteiger partial charge >= 0.3 is 0 Å². The summed E-state index contributed by atoms with van der Waals surface area (Å²) in [6, 6.07) is 5.40. The van der Waals surface area contributed by atoms with E-state index in [0.717, 1.165) is 24.1 Å². The lowest BCUT2D eigenvalue weighted by Crippen LogP contribution is -2.02. The van der Waals surface area contributed by atoms with Crippen LogP contribution in [0, 0.1) is 0 Å². The van der Waals surface area contributed by atoms with Gasteiger partial charge in [0.15, 0.2) is 0 Å². The van der Waals surface area contributed by atoms with Gasteiger partial charge in [0.1, 0.15) is 7.11 Å². The molecule has 0 N–H and O–H groups in total. The highest BCUT2D eigenvalue weighted by Crippen LogP contribution is 2.23. The number of oxime groups is 1. The van der Waals surface area contributed by atoms with E-state index in [1.807, 2.05) is 12.3 Å². The summed E-state index contributed by atoms with van der Waals surface area (Å²) in [5, 5.41) is 5.03. The summed E-state index contributed by atoms with van der Waals surface area (Å²) >= 11 is 11.8. The average molecular weight is 273 g/mol. The number of rotatable bonds is 5. The van der Waals surface area contributed by atoms with E-state index in [1.165, 1.54) is 7.11 Å². The average Bonchev–Trinajstić information content (AvgIpc) is 2.32. The lowest BCUT2D eigenvalue weighted by molar-refractivity contribution is 0.213. The molecule has 0 aliphatic carbocycles. The van der Waals surface area contributed by atoms with Crippen LogP contribution in [0.25, 0.3) is 0 Å². The molecule has 1 rings (SSSR count). The monoisotopic (exact) mass is 272 g/mol. The molecular weight excluding hydrogens is 259 g/mol. The molecule has 0 spiro atoms. The van der Waals surface area contributed by atoms with Gasteiger partial charge in [0.05, 0.1) is 15.8 Å². The van der Waals surface area contributed by atoms with E-state index >= 15 is 0 Å². The van der Waals surface area contributed by atoms with Gasteiger partial charge in [-0.2, -0.15) is 0 Å².